The molecule has 134 valence electrons. The Morgan fingerprint density at radius 2 is 1.96 bits per heavy atom. The summed E-state index contributed by atoms with van der Waals surface area (Å²) >= 11 is 0. The van der Waals surface area contributed by atoms with Gasteiger partial charge in [0.15, 0.2) is 11.6 Å². The van der Waals surface area contributed by atoms with Crippen LogP contribution in [0.1, 0.15) is 20.3 Å². The molecule has 0 aliphatic rings. The molecule has 0 saturated heterocycles. The summed E-state index contributed by atoms with van der Waals surface area (Å²) in [6.07, 6.45) is 0.723. The minimum Gasteiger partial charge on any atom is -0.487 e. The zero-order valence-corrected chi connectivity index (χ0v) is 14.2. The number of benzene rings is 1. The Labute approximate surface area is 145 Å². The number of anilines is 1. The van der Waals surface area contributed by atoms with Crippen LogP contribution in [-0.2, 0) is 4.74 Å². The number of carbonyl (C=O) groups is 1. The van der Waals surface area contributed by atoms with Gasteiger partial charge < -0.3 is 20.9 Å². The van der Waals surface area contributed by atoms with E-state index in [4.69, 9.17) is 20.9 Å². The number of nitrogen functional groups attached to an aromatic ring is 1. The third-order valence-electron chi connectivity index (χ3n) is 3.49. The Morgan fingerprint density at radius 3 is 2.56 bits per heavy atom. The number of ether oxygens (including phenoxy) is 2. The summed E-state index contributed by atoms with van der Waals surface area (Å²) < 4.78 is 24.8. The summed E-state index contributed by atoms with van der Waals surface area (Å²) in [5.41, 5.74) is 12.1. The van der Waals surface area contributed by atoms with Gasteiger partial charge in [0.25, 0.3) is 0 Å². The molecule has 0 bridgehead atoms. The van der Waals surface area contributed by atoms with Gasteiger partial charge >= 0.3 is 6.09 Å². The summed E-state index contributed by atoms with van der Waals surface area (Å²) in [7, 11) is 0. The SMILES string of the molecule is CC(C)CC(COc1ccc(-c2ccnc(N)c2)cc1F)OC(N)=O. The molecule has 1 amide bonds. The van der Waals surface area contributed by atoms with E-state index in [0.717, 1.165) is 5.56 Å². The molecular weight excluding hydrogens is 325 g/mol. The van der Waals surface area contributed by atoms with Crippen molar-refractivity contribution in [1.82, 2.24) is 4.98 Å². The molecule has 4 N–H and O–H groups in total. The van der Waals surface area contributed by atoms with Gasteiger partial charge in [-0.3, -0.25) is 0 Å². The second kappa shape index (κ2) is 8.32. The fourth-order valence-electron chi connectivity index (χ4n) is 2.45. The predicted molar refractivity (Wildman–Crippen MR) is 93.4 cm³/mol. The van der Waals surface area contributed by atoms with Gasteiger partial charge in [-0.2, -0.15) is 0 Å². The number of carbonyl (C=O) groups excluding carboxylic acids is 1. The molecule has 0 saturated carbocycles. The van der Waals surface area contributed by atoms with Gasteiger partial charge in [0, 0.05) is 6.20 Å². The lowest BCUT2D eigenvalue weighted by atomic mass is 10.1. The fourth-order valence-corrected chi connectivity index (χ4v) is 2.45. The second-order valence-corrected chi connectivity index (χ2v) is 6.11. The van der Waals surface area contributed by atoms with Crippen LogP contribution in [0.2, 0.25) is 0 Å². The van der Waals surface area contributed by atoms with Crippen molar-refractivity contribution in [3.05, 3.63) is 42.3 Å². The molecule has 0 spiro atoms. The molecule has 7 heteroatoms. The highest BCUT2D eigenvalue weighted by Gasteiger charge is 2.17. The highest BCUT2D eigenvalue weighted by atomic mass is 19.1. The first-order chi connectivity index (χ1) is 11.8. The first-order valence-corrected chi connectivity index (χ1v) is 7.95. The standard InChI is InChI=1S/C18H22FN3O3/c1-11(2)7-14(25-18(21)23)10-24-16-4-3-12(8-15(16)19)13-5-6-22-17(20)9-13/h3-6,8-9,11,14H,7,10H2,1-2H3,(H2,20,22)(H2,21,23). The molecule has 2 aromatic rings. The average molecular weight is 347 g/mol. The Kier molecular flexibility index (Phi) is 6.16. The van der Waals surface area contributed by atoms with Crippen molar-refractivity contribution in [2.45, 2.75) is 26.4 Å². The Balaban J connectivity index is 2.08. The largest absolute Gasteiger partial charge is 0.487 e. The molecule has 1 atom stereocenters. The van der Waals surface area contributed by atoms with Crippen LogP contribution in [0.5, 0.6) is 5.75 Å². The normalized spacial score (nSPS) is 12.0. The summed E-state index contributed by atoms with van der Waals surface area (Å²) in [5, 5.41) is 0. The first-order valence-electron chi connectivity index (χ1n) is 7.95. The van der Waals surface area contributed by atoms with Gasteiger partial charge in [-0.15, -0.1) is 0 Å². The number of amides is 1. The number of primary amides is 1. The van der Waals surface area contributed by atoms with Crippen LogP contribution in [0.4, 0.5) is 15.0 Å². The van der Waals surface area contributed by atoms with Gasteiger partial charge in [0.2, 0.25) is 0 Å². The van der Waals surface area contributed by atoms with Crippen molar-refractivity contribution in [2.24, 2.45) is 11.7 Å². The van der Waals surface area contributed by atoms with Crippen molar-refractivity contribution in [3.63, 3.8) is 0 Å². The monoisotopic (exact) mass is 347 g/mol. The van der Waals surface area contributed by atoms with E-state index in [1.54, 1.807) is 24.4 Å². The number of nitrogens with zero attached hydrogens (tertiary/aromatic N) is 1. The lowest BCUT2D eigenvalue weighted by Crippen LogP contribution is -2.29. The molecule has 1 aromatic heterocycles. The number of halogens is 1. The van der Waals surface area contributed by atoms with Crippen molar-refractivity contribution in [1.29, 1.82) is 0 Å². The van der Waals surface area contributed by atoms with E-state index in [-0.39, 0.29) is 18.3 Å². The smallest absolute Gasteiger partial charge is 0.404 e. The van der Waals surface area contributed by atoms with Gasteiger partial charge in [0.1, 0.15) is 18.5 Å². The Bertz CT molecular complexity index is 737. The molecule has 0 aliphatic heterocycles. The Hall–Kier alpha value is -2.83. The maximum Gasteiger partial charge on any atom is 0.404 e. The van der Waals surface area contributed by atoms with Gasteiger partial charge in [0.05, 0.1) is 0 Å². The van der Waals surface area contributed by atoms with Crippen LogP contribution in [0.25, 0.3) is 11.1 Å². The van der Waals surface area contributed by atoms with Gasteiger partial charge in [-0.25, -0.2) is 14.2 Å². The number of hydrogen-bond donors (Lipinski definition) is 2. The maximum absolute atomic E-state index is 14.3. The number of rotatable bonds is 7. The molecule has 2 rings (SSSR count). The van der Waals surface area contributed by atoms with E-state index in [1.807, 2.05) is 13.8 Å². The van der Waals surface area contributed by atoms with Crippen LogP contribution in [0, 0.1) is 11.7 Å². The van der Waals surface area contributed by atoms with Crippen molar-refractivity contribution in [3.8, 4) is 16.9 Å². The van der Waals surface area contributed by atoms with Gasteiger partial charge in [-0.1, -0.05) is 19.9 Å². The molecule has 0 fully saturated rings. The van der Waals surface area contributed by atoms with Crippen molar-refractivity contribution in [2.75, 3.05) is 12.3 Å². The highest BCUT2D eigenvalue weighted by Crippen LogP contribution is 2.26. The third-order valence-corrected chi connectivity index (χ3v) is 3.49. The van der Waals surface area contributed by atoms with Crippen molar-refractivity contribution < 1.29 is 18.7 Å². The summed E-state index contributed by atoms with van der Waals surface area (Å²) in [6, 6.07) is 8.01. The first kappa shape index (κ1) is 18.5. The Morgan fingerprint density at radius 1 is 1.24 bits per heavy atom. The van der Waals surface area contributed by atoms with Crippen LogP contribution >= 0.6 is 0 Å². The maximum atomic E-state index is 14.3. The number of nitrogens with two attached hydrogens (primary N) is 2. The third kappa shape index (κ3) is 5.63. The highest BCUT2D eigenvalue weighted by molar-refractivity contribution is 5.66. The molecule has 25 heavy (non-hydrogen) atoms. The molecule has 1 unspecified atom stereocenters. The minimum atomic E-state index is -0.875. The molecule has 1 heterocycles. The minimum absolute atomic E-state index is 0.0274. The van der Waals surface area contributed by atoms with E-state index in [2.05, 4.69) is 4.98 Å². The quantitative estimate of drug-likeness (QED) is 0.800. The second-order valence-electron chi connectivity index (χ2n) is 6.11. The molecule has 0 aliphatic carbocycles. The number of hydrogen-bond acceptors (Lipinski definition) is 5. The molecule has 6 nitrogen and oxygen atoms in total. The van der Waals surface area contributed by atoms with E-state index >= 15 is 0 Å². The summed E-state index contributed by atoms with van der Waals surface area (Å²) in [4.78, 5) is 14.9. The zero-order valence-electron chi connectivity index (χ0n) is 14.2. The number of pyridine rings is 1. The molecular formula is C18H22FN3O3. The van der Waals surface area contributed by atoms with Crippen LogP contribution in [0.3, 0.4) is 0 Å². The van der Waals surface area contributed by atoms with Crippen molar-refractivity contribution >= 4 is 11.9 Å². The average Bonchev–Trinajstić information content (AvgIpc) is 2.52. The lowest BCUT2D eigenvalue weighted by molar-refractivity contribution is 0.0580. The molecule has 1 aromatic carbocycles. The number of aromatic nitrogens is 1. The van der Waals surface area contributed by atoms with E-state index in [1.165, 1.54) is 12.1 Å². The predicted octanol–water partition coefficient (Wildman–Crippen LogP) is 3.36. The topological polar surface area (TPSA) is 100 Å². The fraction of sp³-hybridized carbons (Fsp3) is 0.333. The van der Waals surface area contributed by atoms with E-state index in [9.17, 15) is 9.18 Å². The summed E-state index contributed by atoms with van der Waals surface area (Å²) in [6.45, 7) is 3.99. The van der Waals surface area contributed by atoms with E-state index < -0.39 is 18.0 Å². The van der Waals surface area contributed by atoms with Crippen LogP contribution in [0.15, 0.2) is 36.5 Å². The van der Waals surface area contributed by atoms with Crippen LogP contribution in [-0.4, -0.2) is 23.8 Å². The zero-order chi connectivity index (χ0) is 18.4. The van der Waals surface area contributed by atoms with E-state index in [0.29, 0.717) is 17.8 Å². The molecule has 0 radical (unpaired) electrons. The van der Waals surface area contributed by atoms with Crippen LogP contribution < -0.4 is 16.2 Å². The summed E-state index contributed by atoms with van der Waals surface area (Å²) in [5.74, 6) is 0.193. The van der Waals surface area contributed by atoms with Gasteiger partial charge in [-0.05, 0) is 47.7 Å². The lowest BCUT2D eigenvalue weighted by Gasteiger charge is -2.19.